The summed E-state index contributed by atoms with van der Waals surface area (Å²) in [6, 6.07) is 14.0. The van der Waals surface area contributed by atoms with E-state index in [1.54, 1.807) is 48.8 Å². The Morgan fingerprint density at radius 3 is 1.29 bits per heavy atom. The summed E-state index contributed by atoms with van der Waals surface area (Å²) in [6.45, 7) is 0. The van der Waals surface area contributed by atoms with Gasteiger partial charge in [0, 0.05) is 12.4 Å². The molecule has 3 rings (SSSR count). The van der Waals surface area contributed by atoms with Gasteiger partial charge in [0.15, 0.2) is 0 Å². The molecule has 0 aliphatic carbocycles. The van der Waals surface area contributed by atoms with Crippen LogP contribution in [0.1, 0.15) is 11.4 Å². The van der Waals surface area contributed by atoms with Gasteiger partial charge in [-0.2, -0.15) is 0 Å². The van der Waals surface area contributed by atoms with Gasteiger partial charge < -0.3 is 4.98 Å². The molecule has 0 fully saturated rings. The molecule has 0 radical (unpaired) electrons. The van der Waals surface area contributed by atoms with E-state index in [9.17, 15) is 0 Å². The van der Waals surface area contributed by atoms with E-state index >= 15 is 0 Å². The van der Waals surface area contributed by atoms with Gasteiger partial charge in [-0.3, -0.25) is 9.98 Å². The summed E-state index contributed by atoms with van der Waals surface area (Å²) in [6.07, 6.45) is 3.18. The first-order chi connectivity index (χ1) is 13.5. The number of hydrogen-bond donors (Lipinski definition) is 0. The summed E-state index contributed by atoms with van der Waals surface area (Å²) in [5, 5.41) is 1.91. The normalized spacial score (nSPS) is 11.1. The van der Waals surface area contributed by atoms with Crippen LogP contribution in [-0.4, -0.2) is 12.4 Å². The SMILES string of the molecule is Clc1cccc(Cl)c1N=Cc1ccc(C=Nc2c(Cl)cccc2Cl)[n-]1.[Cl][Fe+][Cl]. The quantitative estimate of drug-likeness (QED) is 0.245. The second-order valence-corrected chi connectivity index (χ2v) is 8.45. The molecule has 1 heterocycles. The van der Waals surface area contributed by atoms with Crippen molar-refractivity contribution < 1.29 is 13.1 Å². The first-order valence-electron chi connectivity index (χ1n) is 7.41. The maximum absolute atomic E-state index is 6.08. The Hall–Kier alpha value is -0.681. The van der Waals surface area contributed by atoms with Crippen LogP contribution in [0.5, 0.6) is 0 Å². The third-order valence-corrected chi connectivity index (χ3v) is 4.43. The van der Waals surface area contributed by atoms with Crippen molar-refractivity contribution in [3.8, 4) is 0 Å². The van der Waals surface area contributed by atoms with Gasteiger partial charge in [0.1, 0.15) is 11.4 Å². The maximum atomic E-state index is 6.08. The minimum absolute atomic E-state index is 0.194. The summed E-state index contributed by atoms with van der Waals surface area (Å²) < 4.78 is 0. The van der Waals surface area contributed by atoms with Crippen molar-refractivity contribution in [2.45, 2.75) is 0 Å². The van der Waals surface area contributed by atoms with Crippen molar-refractivity contribution in [1.29, 1.82) is 0 Å². The summed E-state index contributed by atoms with van der Waals surface area (Å²) in [7, 11) is 9.53. The van der Waals surface area contributed by atoms with E-state index in [4.69, 9.17) is 66.6 Å². The van der Waals surface area contributed by atoms with E-state index in [1.165, 1.54) is 0 Å². The standard InChI is InChI=1S/C18H10Cl4N3.2ClH.Fe/c19-13-3-1-4-14(20)17(13)23-9-11-7-8-12(25-11)10-24-18-15(21)5-2-6-16(18)22;;;/h1-10H;2*1H;/q-1;;;+3/p-2. The molecule has 28 heavy (non-hydrogen) atoms. The van der Waals surface area contributed by atoms with Crippen molar-refractivity contribution in [2.24, 2.45) is 9.98 Å². The molecule has 0 bridgehead atoms. The van der Waals surface area contributed by atoms with E-state index in [1.807, 2.05) is 12.1 Å². The van der Waals surface area contributed by atoms with Crippen molar-refractivity contribution in [3.05, 3.63) is 80.0 Å². The van der Waals surface area contributed by atoms with Crippen LogP contribution in [0.15, 0.2) is 58.5 Å². The van der Waals surface area contributed by atoms with Gasteiger partial charge in [-0.25, -0.2) is 0 Å². The molecular weight excluding hydrogens is 527 g/mol. The van der Waals surface area contributed by atoms with Gasteiger partial charge in [0.2, 0.25) is 0 Å². The number of aliphatic imine (C=N–C) groups is 2. The zero-order valence-corrected chi connectivity index (χ0v) is 19.4. The van der Waals surface area contributed by atoms with Gasteiger partial charge in [0.25, 0.3) is 0 Å². The molecule has 2 aromatic carbocycles. The summed E-state index contributed by atoms with van der Waals surface area (Å²) in [5.74, 6) is 0. The monoisotopic (exact) mass is 534 g/mol. The fraction of sp³-hybridized carbons (Fsp3) is 0. The summed E-state index contributed by atoms with van der Waals surface area (Å²) in [4.78, 5) is 13.0. The van der Waals surface area contributed by atoms with E-state index in [2.05, 4.69) is 15.0 Å². The van der Waals surface area contributed by atoms with Gasteiger partial charge in [0.05, 0.1) is 20.1 Å². The Bertz CT molecular complexity index is 871. The number of hydrogen-bond acceptors (Lipinski definition) is 2. The van der Waals surface area contributed by atoms with Crippen LogP contribution in [0.3, 0.4) is 0 Å². The van der Waals surface area contributed by atoms with Crippen LogP contribution in [-0.2, 0) is 13.1 Å². The molecule has 1 aromatic heterocycles. The molecule has 0 aliphatic rings. The fourth-order valence-corrected chi connectivity index (χ4v) is 3.01. The Labute approximate surface area is 197 Å². The van der Waals surface area contributed by atoms with Crippen molar-refractivity contribution in [1.82, 2.24) is 4.98 Å². The summed E-state index contributed by atoms with van der Waals surface area (Å²) in [5.41, 5.74) is 2.32. The number of benzene rings is 2. The molecule has 0 aliphatic heterocycles. The molecule has 0 N–H and O–H groups in total. The molecule has 0 atom stereocenters. The molecule has 0 spiro atoms. The average Bonchev–Trinajstić information content (AvgIpc) is 3.09. The van der Waals surface area contributed by atoms with E-state index < -0.39 is 0 Å². The Morgan fingerprint density at radius 2 is 0.964 bits per heavy atom. The zero-order chi connectivity index (χ0) is 20.5. The molecule has 0 saturated carbocycles. The van der Waals surface area contributed by atoms with E-state index in [0.717, 1.165) is 0 Å². The van der Waals surface area contributed by atoms with E-state index in [-0.39, 0.29) is 13.1 Å². The van der Waals surface area contributed by atoms with Crippen LogP contribution in [0, 0.1) is 0 Å². The molecule has 0 amide bonds. The topological polar surface area (TPSA) is 38.8 Å². The second kappa shape index (κ2) is 12.1. The Kier molecular flexibility index (Phi) is 10.2. The number of halogens is 6. The number of nitrogens with zero attached hydrogens (tertiary/aromatic N) is 3. The minimum atomic E-state index is 0.194. The van der Waals surface area contributed by atoms with Crippen LogP contribution in [0.2, 0.25) is 20.1 Å². The number of rotatable bonds is 4. The molecule has 0 saturated heterocycles. The predicted molar refractivity (Wildman–Crippen MR) is 119 cm³/mol. The first kappa shape index (κ1) is 23.6. The van der Waals surface area contributed by atoms with Crippen molar-refractivity contribution in [3.63, 3.8) is 0 Å². The second-order valence-electron chi connectivity index (χ2n) is 5.00. The van der Waals surface area contributed by atoms with Crippen molar-refractivity contribution >= 4 is 90.4 Å². The summed E-state index contributed by atoms with van der Waals surface area (Å²) >= 11 is 24.5. The van der Waals surface area contributed by atoms with Gasteiger partial charge >= 0.3 is 33.3 Å². The van der Waals surface area contributed by atoms with Gasteiger partial charge in [-0.05, 0) is 24.3 Å². The fourth-order valence-electron chi connectivity index (χ4n) is 2.02. The van der Waals surface area contributed by atoms with Crippen LogP contribution in [0.25, 0.3) is 0 Å². The molecule has 3 aromatic rings. The third kappa shape index (κ3) is 6.98. The van der Waals surface area contributed by atoms with Gasteiger partial charge in [-0.1, -0.05) is 70.7 Å². The third-order valence-electron chi connectivity index (χ3n) is 3.21. The Morgan fingerprint density at radius 1 is 0.643 bits per heavy atom. The van der Waals surface area contributed by atoms with Crippen LogP contribution < -0.4 is 4.98 Å². The van der Waals surface area contributed by atoms with Gasteiger partial charge in [-0.15, -0.1) is 11.4 Å². The van der Waals surface area contributed by atoms with E-state index in [0.29, 0.717) is 42.9 Å². The molecule has 10 heteroatoms. The molecule has 147 valence electrons. The van der Waals surface area contributed by atoms with Crippen molar-refractivity contribution in [2.75, 3.05) is 0 Å². The number of aromatic nitrogens is 1. The molecule has 0 unspecified atom stereocenters. The molecular formula is C18H10Cl6FeN3. The first-order valence-corrected chi connectivity index (χ1v) is 12.0. The van der Waals surface area contributed by atoms with Crippen LogP contribution >= 0.6 is 66.6 Å². The predicted octanol–water partition coefficient (Wildman–Crippen LogP) is 8.14. The Balaban J connectivity index is 0.000000878. The zero-order valence-electron chi connectivity index (χ0n) is 13.7. The molecule has 3 nitrogen and oxygen atoms in total. The van der Waals surface area contributed by atoms with Crippen LogP contribution in [0.4, 0.5) is 11.4 Å². The number of para-hydroxylation sites is 2. The average molecular weight is 537 g/mol.